The average Bonchev–Trinajstić information content (AvgIpc) is 2.58. The third kappa shape index (κ3) is 2.03. The van der Waals surface area contributed by atoms with E-state index in [0.29, 0.717) is 5.65 Å². The number of rotatable bonds is 0. The van der Waals surface area contributed by atoms with E-state index >= 15 is 0 Å². The van der Waals surface area contributed by atoms with E-state index in [1.54, 1.807) is 18.5 Å². The van der Waals surface area contributed by atoms with Gasteiger partial charge in [0.15, 0.2) is 5.65 Å². The van der Waals surface area contributed by atoms with E-state index in [9.17, 15) is 4.79 Å². The quantitative estimate of drug-likeness (QED) is 0.681. The van der Waals surface area contributed by atoms with Gasteiger partial charge in [-0.2, -0.15) is 0 Å². The Kier molecular flexibility index (Phi) is 2.38. The second-order valence-corrected chi connectivity index (χ2v) is 4.47. The molecule has 5 heteroatoms. The monoisotopic (exact) mass is 219 g/mol. The SMILES string of the molecule is CC(C)(C)OC(=O)n1ccc2cncnc21. The highest BCUT2D eigenvalue weighted by atomic mass is 16.6. The molecule has 2 heterocycles. The summed E-state index contributed by atoms with van der Waals surface area (Å²) in [6.45, 7) is 5.47. The van der Waals surface area contributed by atoms with Gasteiger partial charge in [-0.15, -0.1) is 0 Å². The summed E-state index contributed by atoms with van der Waals surface area (Å²) in [4.78, 5) is 19.7. The first-order chi connectivity index (χ1) is 7.47. The van der Waals surface area contributed by atoms with Crippen LogP contribution in [0.15, 0.2) is 24.8 Å². The van der Waals surface area contributed by atoms with E-state index in [4.69, 9.17) is 4.74 Å². The minimum Gasteiger partial charge on any atom is -0.443 e. The standard InChI is InChI=1S/C11H13N3O2/c1-11(2,3)16-10(15)14-5-4-8-6-12-7-13-9(8)14/h4-7H,1-3H3. The van der Waals surface area contributed by atoms with E-state index < -0.39 is 11.7 Å². The largest absolute Gasteiger partial charge is 0.443 e. The van der Waals surface area contributed by atoms with Crippen LogP contribution in [0.5, 0.6) is 0 Å². The Morgan fingerprint density at radius 1 is 1.44 bits per heavy atom. The van der Waals surface area contributed by atoms with Crippen LogP contribution in [0.2, 0.25) is 0 Å². The van der Waals surface area contributed by atoms with E-state index in [1.165, 1.54) is 10.9 Å². The third-order valence-corrected chi connectivity index (χ3v) is 1.94. The third-order valence-electron chi connectivity index (χ3n) is 1.94. The summed E-state index contributed by atoms with van der Waals surface area (Å²) in [5.74, 6) is 0. The van der Waals surface area contributed by atoms with Crippen LogP contribution in [0.1, 0.15) is 20.8 Å². The molecule has 0 fully saturated rings. The van der Waals surface area contributed by atoms with Gasteiger partial charge in [-0.1, -0.05) is 0 Å². The molecule has 0 amide bonds. The molecule has 0 spiro atoms. The van der Waals surface area contributed by atoms with Crippen molar-refractivity contribution >= 4 is 17.1 Å². The molecule has 0 aliphatic carbocycles. The maximum atomic E-state index is 11.8. The van der Waals surface area contributed by atoms with Gasteiger partial charge in [0.1, 0.15) is 11.9 Å². The molecule has 2 rings (SSSR count). The lowest BCUT2D eigenvalue weighted by atomic mass is 10.2. The minimum atomic E-state index is -0.513. The van der Waals surface area contributed by atoms with E-state index in [-0.39, 0.29) is 0 Å². The smallest absolute Gasteiger partial charge is 0.420 e. The van der Waals surface area contributed by atoms with Gasteiger partial charge in [0.25, 0.3) is 0 Å². The fourth-order valence-corrected chi connectivity index (χ4v) is 1.34. The van der Waals surface area contributed by atoms with Gasteiger partial charge in [-0.25, -0.2) is 19.3 Å². The number of hydrogen-bond donors (Lipinski definition) is 0. The number of nitrogens with zero attached hydrogens (tertiary/aromatic N) is 3. The first-order valence-electron chi connectivity index (χ1n) is 4.98. The van der Waals surface area contributed by atoms with Crippen LogP contribution in [-0.2, 0) is 4.74 Å². The maximum absolute atomic E-state index is 11.8. The zero-order valence-electron chi connectivity index (χ0n) is 9.47. The van der Waals surface area contributed by atoms with Crippen molar-refractivity contribution < 1.29 is 9.53 Å². The topological polar surface area (TPSA) is 57.0 Å². The summed E-state index contributed by atoms with van der Waals surface area (Å²) in [5, 5.41) is 0.813. The van der Waals surface area contributed by atoms with Crippen LogP contribution in [-0.4, -0.2) is 26.2 Å². The summed E-state index contributed by atoms with van der Waals surface area (Å²) in [7, 11) is 0. The highest BCUT2D eigenvalue weighted by molar-refractivity contribution is 5.86. The normalized spacial score (nSPS) is 11.7. The second-order valence-electron chi connectivity index (χ2n) is 4.47. The maximum Gasteiger partial charge on any atom is 0.420 e. The Morgan fingerprint density at radius 3 is 2.88 bits per heavy atom. The number of hydrogen-bond acceptors (Lipinski definition) is 4. The van der Waals surface area contributed by atoms with Gasteiger partial charge in [0.2, 0.25) is 0 Å². The number of ether oxygens (including phenoxy) is 1. The molecule has 0 radical (unpaired) electrons. The molecule has 0 saturated carbocycles. The molecule has 0 atom stereocenters. The molecule has 0 aromatic carbocycles. The van der Waals surface area contributed by atoms with Crippen molar-refractivity contribution in [1.82, 2.24) is 14.5 Å². The Morgan fingerprint density at radius 2 is 2.19 bits per heavy atom. The van der Waals surface area contributed by atoms with Crippen molar-refractivity contribution in [1.29, 1.82) is 0 Å². The summed E-state index contributed by atoms with van der Waals surface area (Å²) in [6, 6.07) is 1.78. The summed E-state index contributed by atoms with van der Waals surface area (Å²) < 4.78 is 6.63. The number of carbonyl (C=O) groups is 1. The van der Waals surface area contributed by atoms with Crippen molar-refractivity contribution in [2.75, 3.05) is 0 Å². The Hall–Kier alpha value is -1.91. The first-order valence-corrected chi connectivity index (χ1v) is 4.98. The predicted molar refractivity (Wildman–Crippen MR) is 59.2 cm³/mol. The van der Waals surface area contributed by atoms with Gasteiger partial charge in [0.05, 0.1) is 0 Å². The van der Waals surface area contributed by atoms with Crippen molar-refractivity contribution in [3.8, 4) is 0 Å². The van der Waals surface area contributed by atoms with Crippen molar-refractivity contribution in [3.05, 3.63) is 24.8 Å². The predicted octanol–water partition coefficient (Wildman–Crippen LogP) is 2.21. The average molecular weight is 219 g/mol. The van der Waals surface area contributed by atoms with Gasteiger partial charge >= 0.3 is 6.09 Å². The van der Waals surface area contributed by atoms with E-state index in [2.05, 4.69) is 9.97 Å². The lowest BCUT2D eigenvalue weighted by Crippen LogP contribution is -2.26. The first kappa shape index (κ1) is 10.6. The van der Waals surface area contributed by atoms with Crippen LogP contribution >= 0.6 is 0 Å². The Bertz CT molecular complexity index is 525. The van der Waals surface area contributed by atoms with Crippen LogP contribution in [0.4, 0.5) is 4.79 Å². The highest BCUT2D eigenvalue weighted by Gasteiger charge is 2.19. The van der Waals surface area contributed by atoms with Crippen molar-refractivity contribution in [3.63, 3.8) is 0 Å². The van der Waals surface area contributed by atoms with Crippen LogP contribution in [0.25, 0.3) is 11.0 Å². The fourth-order valence-electron chi connectivity index (χ4n) is 1.34. The molecule has 0 saturated heterocycles. The van der Waals surface area contributed by atoms with Crippen LogP contribution in [0, 0.1) is 0 Å². The minimum absolute atomic E-state index is 0.429. The highest BCUT2D eigenvalue weighted by Crippen LogP contribution is 2.14. The lowest BCUT2D eigenvalue weighted by molar-refractivity contribution is 0.0543. The van der Waals surface area contributed by atoms with Gasteiger partial charge < -0.3 is 4.74 Å². The number of fused-ring (bicyclic) bond motifs is 1. The molecule has 2 aromatic rings. The molecule has 0 N–H and O–H groups in total. The van der Waals surface area contributed by atoms with Crippen LogP contribution in [0.3, 0.4) is 0 Å². The summed E-state index contributed by atoms with van der Waals surface area (Å²) in [6.07, 6.45) is 4.26. The summed E-state index contributed by atoms with van der Waals surface area (Å²) in [5.41, 5.74) is 0.0463. The van der Waals surface area contributed by atoms with E-state index in [1.807, 2.05) is 20.8 Å². The van der Waals surface area contributed by atoms with Crippen molar-refractivity contribution in [2.24, 2.45) is 0 Å². The molecule has 16 heavy (non-hydrogen) atoms. The molecule has 5 nitrogen and oxygen atoms in total. The number of carbonyl (C=O) groups excluding carboxylic acids is 1. The Balaban J connectivity index is 2.37. The van der Waals surface area contributed by atoms with Gasteiger partial charge in [-0.05, 0) is 26.8 Å². The molecular weight excluding hydrogens is 206 g/mol. The summed E-state index contributed by atoms with van der Waals surface area (Å²) >= 11 is 0. The second kappa shape index (κ2) is 3.59. The zero-order chi connectivity index (χ0) is 11.8. The van der Waals surface area contributed by atoms with Gasteiger partial charge in [-0.3, -0.25) is 0 Å². The molecule has 2 aromatic heterocycles. The molecular formula is C11H13N3O2. The van der Waals surface area contributed by atoms with Crippen LogP contribution < -0.4 is 0 Å². The molecule has 0 aliphatic rings. The van der Waals surface area contributed by atoms with E-state index in [0.717, 1.165) is 5.39 Å². The Labute approximate surface area is 93.1 Å². The van der Waals surface area contributed by atoms with Gasteiger partial charge in [0, 0.05) is 17.8 Å². The molecule has 84 valence electrons. The fraction of sp³-hybridized carbons (Fsp3) is 0.364. The molecule has 0 bridgehead atoms. The molecule has 0 aliphatic heterocycles. The number of aromatic nitrogens is 3. The molecule has 0 unspecified atom stereocenters. The zero-order valence-corrected chi connectivity index (χ0v) is 9.47. The lowest BCUT2D eigenvalue weighted by Gasteiger charge is -2.19. The van der Waals surface area contributed by atoms with Crippen molar-refractivity contribution in [2.45, 2.75) is 26.4 Å².